The second-order valence-corrected chi connectivity index (χ2v) is 6.15. The molecule has 1 amide bonds. The number of amides is 1. The number of carbonyl (C=O) groups is 1. The van der Waals surface area contributed by atoms with Gasteiger partial charge in [0.05, 0.1) is 17.7 Å². The fourth-order valence-corrected chi connectivity index (χ4v) is 2.91. The molecule has 0 aliphatic heterocycles. The predicted molar refractivity (Wildman–Crippen MR) is 106 cm³/mol. The topological polar surface area (TPSA) is 73.2 Å². The summed E-state index contributed by atoms with van der Waals surface area (Å²) in [6.07, 6.45) is 0. The van der Waals surface area contributed by atoms with Gasteiger partial charge in [0, 0.05) is 5.39 Å². The smallest absolute Gasteiger partial charge is 0.269 e. The van der Waals surface area contributed by atoms with Crippen molar-refractivity contribution < 1.29 is 9.63 Å². The number of fused-ring (bicyclic) bond motifs is 1. The summed E-state index contributed by atoms with van der Waals surface area (Å²) in [7, 11) is 0. The Morgan fingerprint density at radius 2 is 1.46 bits per heavy atom. The molecule has 1 N–H and O–H groups in total. The van der Waals surface area contributed by atoms with Crippen LogP contribution in [-0.2, 0) is 11.4 Å². The largest absolute Gasteiger partial charge is 0.295 e. The van der Waals surface area contributed by atoms with Gasteiger partial charge in [-0.2, -0.15) is 9.78 Å². The van der Waals surface area contributed by atoms with Crippen molar-refractivity contribution in [3.05, 3.63) is 107 Å². The van der Waals surface area contributed by atoms with E-state index in [1.165, 1.54) is 4.68 Å². The van der Waals surface area contributed by atoms with Gasteiger partial charge in [0.25, 0.3) is 11.5 Å². The van der Waals surface area contributed by atoms with E-state index < -0.39 is 5.91 Å². The van der Waals surface area contributed by atoms with Crippen LogP contribution >= 0.6 is 0 Å². The van der Waals surface area contributed by atoms with Crippen LogP contribution in [0.1, 0.15) is 16.1 Å². The third kappa shape index (κ3) is 3.54. The standard InChI is InChI=1S/C22H17N3O3/c26-21(24-28-15-16-9-3-1-4-10-16)20-18-13-7-8-14-19(18)22(27)25(23-20)17-11-5-2-6-12-17/h1-14H,15H2,(H,24,26). The quantitative estimate of drug-likeness (QED) is 0.547. The van der Waals surface area contributed by atoms with Crippen molar-refractivity contribution in [2.45, 2.75) is 6.61 Å². The molecule has 0 bridgehead atoms. The lowest BCUT2D eigenvalue weighted by Crippen LogP contribution is -2.30. The van der Waals surface area contributed by atoms with E-state index in [9.17, 15) is 9.59 Å². The third-order valence-corrected chi connectivity index (χ3v) is 4.27. The molecule has 4 aromatic rings. The number of hydrogen-bond acceptors (Lipinski definition) is 4. The summed E-state index contributed by atoms with van der Waals surface area (Å²) >= 11 is 0. The maximum atomic E-state index is 12.8. The van der Waals surface area contributed by atoms with Crippen LogP contribution in [-0.4, -0.2) is 15.7 Å². The average Bonchev–Trinajstić information content (AvgIpc) is 2.75. The first-order valence-electron chi connectivity index (χ1n) is 8.77. The molecule has 1 aromatic heterocycles. The van der Waals surface area contributed by atoms with Crippen LogP contribution in [0.2, 0.25) is 0 Å². The molecule has 3 aromatic carbocycles. The highest BCUT2D eigenvalue weighted by molar-refractivity contribution is 6.04. The molecule has 0 saturated heterocycles. The Balaban J connectivity index is 1.68. The molecule has 0 radical (unpaired) electrons. The van der Waals surface area contributed by atoms with Crippen LogP contribution in [0.4, 0.5) is 0 Å². The van der Waals surface area contributed by atoms with Gasteiger partial charge in [-0.1, -0.05) is 66.7 Å². The van der Waals surface area contributed by atoms with Crippen molar-refractivity contribution in [2.75, 3.05) is 0 Å². The summed E-state index contributed by atoms with van der Waals surface area (Å²) in [6, 6.07) is 25.4. The van der Waals surface area contributed by atoms with Gasteiger partial charge in [-0.15, -0.1) is 0 Å². The van der Waals surface area contributed by atoms with Crippen molar-refractivity contribution in [3.63, 3.8) is 0 Å². The lowest BCUT2D eigenvalue weighted by molar-refractivity contribution is 0.0229. The van der Waals surface area contributed by atoms with E-state index in [1.807, 2.05) is 36.4 Å². The van der Waals surface area contributed by atoms with Gasteiger partial charge < -0.3 is 0 Å². The first-order chi connectivity index (χ1) is 13.7. The Hall–Kier alpha value is -3.77. The Morgan fingerprint density at radius 1 is 0.857 bits per heavy atom. The van der Waals surface area contributed by atoms with Crippen molar-refractivity contribution >= 4 is 16.7 Å². The summed E-state index contributed by atoms with van der Waals surface area (Å²) in [5.74, 6) is -0.517. The zero-order chi connectivity index (χ0) is 19.3. The molecule has 4 rings (SSSR count). The molecule has 6 nitrogen and oxygen atoms in total. The van der Waals surface area contributed by atoms with Gasteiger partial charge in [0.2, 0.25) is 0 Å². The fraction of sp³-hybridized carbons (Fsp3) is 0.0455. The number of benzene rings is 3. The molecule has 28 heavy (non-hydrogen) atoms. The predicted octanol–water partition coefficient (Wildman–Crippen LogP) is 3.25. The Morgan fingerprint density at radius 3 is 2.18 bits per heavy atom. The van der Waals surface area contributed by atoms with E-state index in [0.29, 0.717) is 16.5 Å². The normalized spacial score (nSPS) is 10.7. The number of nitrogens with zero attached hydrogens (tertiary/aromatic N) is 2. The SMILES string of the molecule is O=C(NOCc1ccccc1)c1nn(-c2ccccc2)c(=O)c2ccccc12. The van der Waals surface area contributed by atoms with Crippen LogP contribution < -0.4 is 11.0 Å². The summed E-state index contributed by atoms with van der Waals surface area (Å²) < 4.78 is 1.23. The Labute approximate surface area is 161 Å². The maximum Gasteiger partial charge on any atom is 0.295 e. The first-order valence-corrected chi connectivity index (χ1v) is 8.77. The molecular weight excluding hydrogens is 354 g/mol. The highest BCUT2D eigenvalue weighted by Crippen LogP contribution is 2.15. The monoisotopic (exact) mass is 371 g/mol. The molecule has 0 aliphatic rings. The molecule has 0 aliphatic carbocycles. The number of nitrogens with one attached hydrogen (secondary N) is 1. The van der Waals surface area contributed by atoms with Gasteiger partial charge in [0.15, 0.2) is 5.69 Å². The second kappa shape index (κ2) is 7.85. The number of rotatable bonds is 5. The number of aromatic nitrogens is 2. The molecule has 0 saturated carbocycles. The van der Waals surface area contributed by atoms with Crippen LogP contribution in [0.3, 0.4) is 0 Å². The van der Waals surface area contributed by atoms with Crippen molar-refractivity contribution in [1.82, 2.24) is 15.3 Å². The van der Waals surface area contributed by atoms with Crippen LogP contribution in [0.15, 0.2) is 89.7 Å². The molecule has 0 unspecified atom stereocenters. The van der Waals surface area contributed by atoms with Crippen molar-refractivity contribution in [1.29, 1.82) is 0 Å². The van der Waals surface area contributed by atoms with Gasteiger partial charge in [-0.3, -0.25) is 14.4 Å². The Kier molecular flexibility index (Phi) is 4.95. The van der Waals surface area contributed by atoms with Crippen molar-refractivity contribution in [3.8, 4) is 5.69 Å². The lowest BCUT2D eigenvalue weighted by Gasteiger charge is -2.11. The van der Waals surface area contributed by atoms with E-state index in [2.05, 4.69) is 10.6 Å². The molecular formula is C22H17N3O3. The highest BCUT2D eigenvalue weighted by Gasteiger charge is 2.17. The number of carbonyl (C=O) groups excluding carboxylic acids is 1. The van der Waals surface area contributed by atoms with E-state index >= 15 is 0 Å². The van der Waals surface area contributed by atoms with Crippen LogP contribution in [0, 0.1) is 0 Å². The van der Waals surface area contributed by atoms with Gasteiger partial charge in [-0.25, -0.2) is 5.48 Å². The number of hydroxylamine groups is 1. The molecule has 1 heterocycles. The maximum absolute atomic E-state index is 12.8. The summed E-state index contributed by atoms with van der Waals surface area (Å²) in [5.41, 5.74) is 3.76. The van der Waals surface area contributed by atoms with Crippen LogP contribution in [0.5, 0.6) is 0 Å². The minimum Gasteiger partial charge on any atom is -0.269 e. The zero-order valence-electron chi connectivity index (χ0n) is 14.9. The molecule has 0 spiro atoms. The minimum atomic E-state index is -0.517. The van der Waals surface area contributed by atoms with Gasteiger partial charge >= 0.3 is 0 Å². The third-order valence-electron chi connectivity index (χ3n) is 4.27. The number of hydrogen-bond donors (Lipinski definition) is 1. The Bertz CT molecular complexity index is 1170. The van der Waals surface area contributed by atoms with E-state index in [0.717, 1.165) is 5.56 Å². The average molecular weight is 371 g/mol. The zero-order valence-corrected chi connectivity index (χ0v) is 14.9. The van der Waals surface area contributed by atoms with E-state index in [4.69, 9.17) is 4.84 Å². The highest BCUT2D eigenvalue weighted by atomic mass is 16.6. The number of para-hydroxylation sites is 1. The summed E-state index contributed by atoms with van der Waals surface area (Å²) in [6.45, 7) is 0.225. The van der Waals surface area contributed by atoms with Gasteiger partial charge in [-0.05, 0) is 23.8 Å². The van der Waals surface area contributed by atoms with Crippen LogP contribution in [0.25, 0.3) is 16.5 Å². The fourth-order valence-electron chi connectivity index (χ4n) is 2.91. The minimum absolute atomic E-state index is 0.118. The van der Waals surface area contributed by atoms with E-state index in [1.54, 1.807) is 48.5 Å². The molecule has 6 heteroatoms. The molecule has 138 valence electrons. The second-order valence-electron chi connectivity index (χ2n) is 6.15. The molecule has 0 fully saturated rings. The first kappa shape index (κ1) is 17.6. The van der Waals surface area contributed by atoms with Gasteiger partial charge in [0.1, 0.15) is 0 Å². The van der Waals surface area contributed by atoms with Crippen molar-refractivity contribution in [2.24, 2.45) is 0 Å². The molecule has 0 atom stereocenters. The van der Waals surface area contributed by atoms with E-state index in [-0.39, 0.29) is 17.9 Å². The summed E-state index contributed by atoms with van der Waals surface area (Å²) in [4.78, 5) is 30.9. The lowest BCUT2D eigenvalue weighted by atomic mass is 10.1. The summed E-state index contributed by atoms with van der Waals surface area (Å²) in [5, 5.41) is 5.19.